The Morgan fingerprint density at radius 3 is 2.38 bits per heavy atom. The van der Waals surface area contributed by atoms with Crippen molar-refractivity contribution < 1.29 is 22.7 Å². The molecule has 2 amide bonds. The Morgan fingerprint density at radius 1 is 1.06 bits per heavy atom. The summed E-state index contributed by atoms with van der Waals surface area (Å²) in [6.45, 7) is 4.39. The maximum Gasteiger partial charge on any atom is 0.244 e. The largest absolute Gasteiger partial charge is 0.495 e. The number of ether oxygens (including phenoxy) is 1. The second-order valence-corrected chi connectivity index (χ2v) is 10.8. The van der Waals surface area contributed by atoms with Crippen LogP contribution in [-0.2, 0) is 26.2 Å². The molecule has 2 heterocycles. The minimum absolute atomic E-state index is 0.0371. The van der Waals surface area contributed by atoms with Crippen LogP contribution in [0.5, 0.6) is 5.75 Å². The molecule has 3 fully saturated rings. The van der Waals surface area contributed by atoms with Gasteiger partial charge in [0.25, 0.3) is 0 Å². The highest BCUT2D eigenvalue weighted by atomic mass is 32.2. The van der Waals surface area contributed by atoms with E-state index in [-0.39, 0.29) is 46.9 Å². The third-order valence-corrected chi connectivity index (χ3v) is 8.65. The van der Waals surface area contributed by atoms with E-state index in [1.807, 2.05) is 0 Å². The molecule has 8 nitrogen and oxygen atoms in total. The van der Waals surface area contributed by atoms with E-state index < -0.39 is 10.0 Å². The highest BCUT2D eigenvalue weighted by molar-refractivity contribution is 7.89. The molecule has 9 heteroatoms. The van der Waals surface area contributed by atoms with Crippen molar-refractivity contribution in [2.75, 3.05) is 26.7 Å². The molecule has 3 aliphatic rings. The van der Waals surface area contributed by atoms with E-state index in [9.17, 15) is 18.0 Å². The van der Waals surface area contributed by atoms with E-state index >= 15 is 0 Å². The first-order chi connectivity index (χ1) is 15.4. The number of fused-ring (bicyclic) bond motifs is 1. The van der Waals surface area contributed by atoms with Crippen molar-refractivity contribution in [3.8, 4) is 5.75 Å². The maximum atomic E-state index is 13.1. The summed E-state index contributed by atoms with van der Waals surface area (Å²) < 4.78 is 34.3. The molecule has 2 saturated heterocycles. The lowest BCUT2D eigenvalue weighted by molar-refractivity contribution is -0.140. The average molecular weight is 464 g/mol. The number of imide groups is 1. The summed E-state index contributed by atoms with van der Waals surface area (Å²) in [6, 6.07) is 5.02. The van der Waals surface area contributed by atoms with E-state index in [1.54, 1.807) is 12.1 Å². The van der Waals surface area contributed by atoms with Gasteiger partial charge in [-0.05, 0) is 56.5 Å². The first-order valence-electron chi connectivity index (χ1n) is 11.6. The SMILES string of the molecule is CCN1CCC[C@H]1CNS(=O)(=O)c1cc(CN2C(=O)[C@H]3CCCC[C@H]3C2=O)ccc1OC. The maximum absolute atomic E-state index is 13.1. The Morgan fingerprint density at radius 2 is 1.75 bits per heavy atom. The molecule has 2 aliphatic heterocycles. The van der Waals surface area contributed by atoms with Gasteiger partial charge in [-0.15, -0.1) is 0 Å². The summed E-state index contributed by atoms with van der Waals surface area (Å²) in [5.41, 5.74) is 0.600. The third kappa shape index (κ3) is 4.43. The molecule has 1 saturated carbocycles. The molecule has 1 aromatic rings. The third-order valence-electron chi connectivity index (χ3n) is 7.20. The van der Waals surface area contributed by atoms with Crippen molar-refractivity contribution in [2.24, 2.45) is 11.8 Å². The van der Waals surface area contributed by atoms with Crippen molar-refractivity contribution in [1.82, 2.24) is 14.5 Å². The minimum Gasteiger partial charge on any atom is -0.495 e. The Kier molecular flexibility index (Phi) is 6.88. The molecule has 0 bridgehead atoms. The first kappa shape index (κ1) is 23.2. The summed E-state index contributed by atoms with van der Waals surface area (Å²) in [7, 11) is -2.38. The predicted molar refractivity (Wildman–Crippen MR) is 119 cm³/mol. The van der Waals surface area contributed by atoms with Crippen LogP contribution < -0.4 is 9.46 Å². The first-order valence-corrected chi connectivity index (χ1v) is 13.1. The van der Waals surface area contributed by atoms with Gasteiger partial charge in [-0.2, -0.15) is 0 Å². The van der Waals surface area contributed by atoms with Crippen LogP contribution in [0.25, 0.3) is 0 Å². The van der Waals surface area contributed by atoms with Crippen LogP contribution in [-0.4, -0.2) is 62.8 Å². The number of rotatable bonds is 8. The number of benzene rings is 1. The zero-order valence-electron chi connectivity index (χ0n) is 18.9. The molecule has 0 unspecified atom stereocenters. The van der Waals surface area contributed by atoms with Crippen LogP contribution in [0.4, 0.5) is 0 Å². The van der Waals surface area contributed by atoms with E-state index in [1.165, 1.54) is 18.1 Å². The number of sulfonamides is 1. The number of methoxy groups -OCH3 is 1. The van der Waals surface area contributed by atoms with E-state index in [0.29, 0.717) is 12.1 Å². The van der Waals surface area contributed by atoms with Crippen molar-refractivity contribution in [3.63, 3.8) is 0 Å². The Hall–Kier alpha value is -1.97. The molecule has 1 N–H and O–H groups in total. The highest BCUT2D eigenvalue weighted by Gasteiger charge is 2.48. The average Bonchev–Trinajstić information content (AvgIpc) is 3.36. The molecule has 3 atom stereocenters. The number of likely N-dealkylation sites (tertiary alicyclic amines) is 2. The van der Waals surface area contributed by atoms with E-state index in [2.05, 4.69) is 16.5 Å². The fourth-order valence-electron chi connectivity index (χ4n) is 5.43. The summed E-state index contributed by atoms with van der Waals surface area (Å²) in [6.07, 6.45) is 5.50. The van der Waals surface area contributed by atoms with Crippen molar-refractivity contribution in [2.45, 2.75) is 62.9 Å². The number of nitrogens with zero attached hydrogens (tertiary/aromatic N) is 2. The molecular formula is C23H33N3O5S. The van der Waals surface area contributed by atoms with Gasteiger partial charge in [-0.1, -0.05) is 25.8 Å². The van der Waals surface area contributed by atoms with Crippen molar-refractivity contribution in [3.05, 3.63) is 23.8 Å². The number of likely N-dealkylation sites (N-methyl/N-ethyl adjacent to an activating group) is 1. The normalized spacial score (nSPS) is 26.6. The highest BCUT2D eigenvalue weighted by Crippen LogP contribution is 2.39. The number of hydrogen-bond donors (Lipinski definition) is 1. The lowest BCUT2D eigenvalue weighted by atomic mass is 9.81. The standard InChI is InChI=1S/C23H33N3O5S/c1-3-25-12-6-7-17(25)14-24-32(29,30)21-13-16(10-11-20(21)31-2)15-26-22(27)18-8-4-5-9-19(18)23(26)28/h10-11,13,17-19,24H,3-9,12,14-15H2,1-2H3/t17-,18-,19+/m0/s1. The summed E-state index contributed by atoms with van der Waals surface area (Å²) in [5.74, 6) is -0.440. The number of amides is 2. The Bertz CT molecular complexity index is 956. The predicted octanol–water partition coefficient (Wildman–Crippen LogP) is 2.13. The number of hydrogen-bond acceptors (Lipinski definition) is 6. The lowest BCUT2D eigenvalue weighted by Crippen LogP contribution is -2.40. The Balaban J connectivity index is 1.52. The molecule has 176 valence electrons. The van der Waals surface area contributed by atoms with Gasteiger partial charge in [-0.25, -0.2) is 13.1 Å². The van der Waals surface area contributed by atoms with Crippen LogP contribution in [0.1, 0.15) is 51.0 Å². The monoisotopic (exact) mass is 463 g/mol. The second-order valence-electron chi connectivity index (χ2n) is 9.02. The molecule has 1 aliphatic carbocycles. The van der Waals surface area contributed by atoms with Gasteiger partial charge in [0, 0.05) is 12.6 Å². The lowest BCUT2D eigenvalue weighted by Gasteiger charge is -2.23. The van der Waals surface area contributed by atoms with E-state index in [4.69, 9.17) is 4.74 Å². The van der Waals surface area contributed by atoms with Crippen LogP contribution in [0, 0.1) is 11.8 Å². The fraction of sp³-hybridized carbons (Fsp3) is 0.652. The van der Waals surface area contributed by atoms with Crippen LogP contribution in [0.3, 0.4) is 0 Å². The van der Waals surface area contributed by atoms with Gasteiger partial charge in [0.15, 0.2) is 0 Å². The second kappa shape index (κ2) is 9.49. The van der Waals surface area contributed by atoms with Gasteiger partial charge in [0.2, 0.25) is 21.8 Å². The molecule has 0 radical (unpaired) electrons. The zero-order valence-corrected chi connectivity index (χ0v) is 19.7. The van der Waals surface area contributed by atoms with Gasteiger partial charge in [-0.3, -0.25) is 19.4 Å². The van der Waals surface area contributed by atoms with Crippen LogP contribution in [0.15, 0.2) is 23.1 Å². The zero-order chi connectivity index (χ0) is 22.9. The molecule has 0 aromatic heterocycles. The van der Waals surface area contributed by atoms with Crippen LogP contribution in [0.2, 0.25) is 0 Å². The van der Waals surface area contributed by atoms with Crippen LogP contribution >= 0.6 is 0 Å². The minimum atomic E-state index is -3.82. The van der Waals surface area contributed by atoms with Gasteiger partial charge in [0.05, 0.1) is 25.5 Å². The summed E-state index contributed by atoms with van der Waals surface area (Å²) >= 11 is 0. The number of carbonyl (C=O) groups excluding carboxylic acids is 2. The molecular weight excluding hydrogens is 430 g/mol. The number of nitrogens with one attached hydrogen (secondary N) is 1. The van der Waals surface area contributed by atoms with Crippen molar-refractivity contribution in [1.29, 1.82) is 0 Å². The van der Waals surface area contributed by atoms with E-state index in [0.717, 1.165) is 51.6 Å². The van der Waals surface area contributed by atoms with Gasteiger partial charge < -0.3 is 4.74 Å². The smallest absolute Gasteiger partial charge is 0.244 e. The molecule has 32 heavy (non-hydrogen) atoms. The summed E-state index contributed by atoms with van der Waals surface area (Å²) in [4.78, 5) is 29.3. The Labute approximate surface area is 190 Å². The van der Waals surface area contributed by atoms with Crippen molar-refractivity contribution >= 4 is 21.8 Å². The summed E-state index contributed by atoms with van der Waals surface area (Å²) in [5, 5.41) is 0. The van der Waals surface area contributed by atoms with Gasteiger partial charge >= 0.3 is 0 Å². The molecule has 4 rings (SSSR count). The quantitative estimate of drug-likeness (QED) is 0.594. The molecule has 0 spiro atoms. The number of carbonyl (C=O) groups is 2. The molecule has 1 aromatic carbocycles. The fourth-order valence-corrected chi connectivity index (χ4v) is 6.72. The topological polar surface area (TPSA) is 96.0 Å². The van der Waals surface area contributed by atoms with Gasteiger partial charge in [0.1, 0.15) is 10.6 Å².